The van der Waals surface area contributed by atoms with Crippen LogP contribution in [0.4, 0.5) is 0 Å². The van der Waals surface area contributed by atoms with Crippen LogP contribution in [-0.2, 0) is 25.7 Å². The summed E-state index contributed by atoms with van der Waals surface area (Å²) in [6.07, 6.45) is 3.35. The number of Topliss-reactive ketones (excluding diaryl/α,β-unsaturated/α-hetero) is 2. The van der Waals surface area contributed by atoms with E-state index in [0.29, 0.717) is 0 Å². The van der Waals surface area contributed by atoms with Gasteiger partial charge in [-0.15, -0.1) is 0 Å². The van der Waals surface area contributed by atoms with E-state index in [4.69, 9.17) is 0 Å². The van der Waals surface area contributed by atoms with Crippen LogP contribution in [0.3, 0.4) is 0 Å². The number of carbonyl (C=O) groups excluding carboxylic acids is 2. The van der Waals surface area contributed by atoms with E-state index in [1.165, 1.54) is 11.1 Å². The van der Waals surface area contributed by atoms with Gasteiger partial charge in [-0.2, -0.15) is 0 Å². The first kappa shape index (κ1) is 14.7. The molecule has 4 aliphatic rings. The van der Waals surface area contributed by atoms with Crippen LogP contribution in [0.25, 0.3) is 0 Å². The molecule has 0 fully saturated rings. The molecule has 0 saturated carbocycles. The molecule has 2 aromatic carbocycles. The maximum absolute atomic E-state index is 11.9. The highest BCUT2D eigenvalue weighted by Gasteiger charge is 2.14. The first-order chi connectivity index (χ1) is 10.5. The Morgan fingerprint density at radius 2 is 1.09 bits per heavy atom. The maximum Gasteiger partial charge on any atom is 0.160 e. The van der Waals surface area contributed by atoms with Crippen LogP contribution in [-0.4, -0.2) is 11.6 Å². The van der Waals surface area contributed by atoms with Gasteiger partial charge >= 0.3 is 0 Å². The highest BCUT2D eigenvalue weighted by Crippen LogP contribution is 2.22. The standard InChI is InChI=1S/C20H20O2/c1-13(21)19-11-15-3-4-16-6-8-18(20(12-16)14(2)22)10-9-17(19)7-5-15/h5-8,11-12H,3-4,9-10H2,1-2H3. The third kappa shape index (κ3) is 2.87. The highest BCUT2D eigenvalue weighted by atomic mass is 16.1. The maximum atomic E-state index is 11.9. The largest absolute Gasteiger partial charge is 0.295 e. The Kier molecular flexibility index (Phi) is 3.93. The predicted octanol–water partition coefficient (Wildman–Crippen LogP) is 3.98. The topological polar surface area (TPSA) is 34.1 Å². The van der Waals surface area contributed by atoms with Crippen molar-refractivity contribution in [3.05, 3.63) is 69.8 Å². The number of carbonyl (C=O) groups is 2. The molecule has 2 heteroatoms. The fourth-order valence-corrected chi connectivity index (χ4v) is 3.21. The molecule has 112 valence electrons. The van der Waals surface area contributed by atoms with Gasteiger partial charge in [0.05, 0.1) is 0 Å². The van der Waals surface area contributed by atoms with Gasteiger partial charge in [-0.25, -0.2) is 0 Å². The number of aryl methyl sites for hydroxylation is 4. The van der Waals surface area contributed by atoms with Gasteiger partial charge in [0.25, 0.3) is 0 Å². The van der Waals surface area contributed by atoms with Crippen molar-refractivity contribution in [1.82, 2.24) is 0 Å². The SMILES string of the molecule is CC(=O)c1cc2ccc1CCc1ccc(cc1C(C)=O)CC2. The summed E-state index contributed by atoms with van der Waals surface area (Å²) in [6, 6.07) is 12.5. The number of hydrogen-bond acceptors (Lipinski definition) is 2. The second-order valence-corrected chi connectivity index (χ2v) is 6.10. The summed E-state index contributed by atoms with van der Waals surface area (Å²) in [4.78, 5) is 23.8. The van der Waals surface area contributed by atoms with Gasteiger partial charge in [-0.1, -0.05) is 24.3 Å². The minimum absolute atomic E-state index is 0.120. The minimum atomic E-state index is 0.120. The molecule has 0 atom stereocenters. The van der Waals surface area contributed by atoms with Gasteiger partial charge in [0, 0.05) is 11.1 Å². The Labute approximate surface area is 131 Å². The van der Waals surface area contributed by atoms with Crippen molar-refractivity contribution in [2.24, 2.45) is 0 Å². The lowest BCUT2D eigenvalue weighted by Crippen LogP contribution is -2.08. The third-order valence-electron chi connectivity index (χ3n) is 4.47. The van der Waals surface area contributed by atoms with E-state index in [9.17, 15) is 9.59 Å². The molecule has 0 N–H and O–H groups in total. The van der Waals surface area contributed by atoms with Crippen molar-refractivity contribution < 1.29 is 9.59 Å². The summed E-state index contributed by atoms with van der Waals surface area (Å²) in [7, 11) is 0. The second-order valence-electron chi connectivity index (χ2n) is 6.10. The zero-order chi connectivity index (χ0) is 15.7. The number of rotatable bonds is 2. The molecule has 0 aromatic heterocycles. The van der Waals surface area contributed by atoms with Crippen LogP contribution >= 0.6 is 0 Å². The first-order valence-corrected chi connectivity index (χ1v) is 7.80. The smallest absolute Gasteiger partial charge is 0.160 e. The summed E-state index contributed by atoms with van der Waals surface area (Å²) in [5.41, 5.74) is 6.19. The van der Waals surface area contributed by atoms with E-state index in [1.54, 1.807) is 13.8 Å². The van der Waals surface area contributed by atoms with Crippen LogP contribution in [0.15, 0.2) is 36.4 Å². The molecule has 22 heavy (non-hydrogen) atoms. The molecule has 0 unspecified atom stereocenters. The Balaban J connectivity index is 2.08. The van der Waals surface area contributed by atoms with Crippen molar-refractivity contribution in [2.45, 2.75) is 39.5 Å². The fraction of sp³-hybridized carbons (Fsp3) is 0.300. The van der Waals surface area contributed by atoms with Crippen molar-refractivity contribution in [1.29, 1.82) is 0 Å². The van der Waals surface area contributed by atoms with Gasteiger partial charge < -0.3 is 0 Å². The lowest BCUT2D eigenvalue weighted by Gasteiger charge is -2.15. The molecule has 2 nitrogen and oxygen atoms in total. The molecule has 6 rings (SSSR count). The van der Waals surface area contributed by atoms with Crippen molar-refractivity contribution in [3.8, 4) is 0 Å². The lowest BCUT2D eigenvalue weighted by atomic mass is 9.89. The van der Waals surface area contributed by atoms with Crippen molar-refractivity contribution >= 4 is 11.6 Å². The Morgan fingerprint density at radius 3 is 1.45 bits per heavy atom. The van der Waals surface area contributed by atoms with E-state index >= 15 is 0 Å². The van der Waals surface area contributed by atoms with Crippen molar-refractivity contribution in [2.75, 3.05) is 0 Å². The summed E-state index contributed by atoms with van der Waals surface area (Å²) in [5, 5.41) is 0. The minimum Gasteiger partial charge on any atom is -0.295 e. The van der Waals surface area contributed by atoms with Gasteiger partial charge in [0.2, 0.25) is 0 Å². The quantitative estimate of drug-likeness (QED) is 0.785. The van der Waals surface area contributed by atoms with E-state index in [0.717, 1.165) is 47.9 Å². The van der Waals surface area contributed by atoms with Gasteiger partial charge in [-0.3, -0.25) is 9.59 Å². The van der Waals surface area contributed by atoms with E-state index in [-0.39, 0.29) is 11.6 Å². The Morgan fingerprint density at radius 1 is 0.682 bits per heavy atom. The molecular weight excluding hydrogens is 272 g/mol. The zero-order valence-electron chi connectivity index (χ0n) is 13.1. The molecule has 4 aliphatic carbocycles. The molecule has 0 heterocycles. The average Bonchev–Trinajstić information content (AvgIpc) is 2.49. The van der Waals surface area contributed by atoms with Gasteiger partial charge in [0.15, 0.2) is 11.6 Å². The molecule has 2 aromatic rings. The van der Waals surface area contributed by atoms with Crippen molar-refractivity contribution in [3.63, 3.8) is 0 Å². The normalized spacial score (nSPS) is 13.5. The molecule has 4 bridgehead atoms. The molecule has 0 radical (unpaired) electrons. The van der Waals surface area contributed by atoms with E-state index in [2.05, 4.69) is 24.3 Å². The van der Waals surface area contributed by atoms with Gasteiger partial charge in [-0.05, 0) is 73.9 Å². The van der Waals surface area contributed by atoms with Crippen LogP contribution < -0.4 is 0 Å². The molecular formula is C20H20O2. The van der Waals surface area contributed by atoms with Crippen LogP contribution in [0, 0.1) is 0 Å². The molecule has 0 amide bonds. The molecule has 0 aliphatic heterocycles. The van der Waals surface area contributed by atoms with Crippen LogP contribution in [0.2, 0.25) is 0 Å². The summed E-state index contributed by atoms with van der Waals surface area (Å²) >= 11 is 0. The Hall–Kier alpha value is -2.22. The van der Waals surface area contributed by atoms with E-state index < -0.39 is 0 Å². The number of benzene rings is 2. The van der Waals surface area contributed by atoms with Crippen LogP contribution in [0.5, 0.6) is 0 Å². The lowest BCUT2D eigenvalue weighted by molar-refractivity contribution is 0.100. The Bertz CT molecular complexity index is 691. The molecule has 0 saturated heterocycles. The summed E-state index contributed by atoms with van der Waals surface area (Å²) in [5.74, 6) is 0.240. The van der Waals surface area contributed by atoms with E-state index in [1.807, 2.05) is 12.1 Å². The third-order valence-corrected chi connectivity index (χ3v) is 4.47. The fourth-order valence-electron chi connectivity index (χ4n) is 3.21. The zero-order valence-corrected chi connectivity index (χ0v) is 13.1. The van der Waals surface area contributed by atoms with Crippen LogP contribution in [0.1, 0.15) is 56.8 Å². The number of ketones is 2. The second kappa shape index (κ2) is 5.88. The molecule has 0 spiro atoms. The first-order valence-electron chi connectivity index (χ1n) is 7.80. The highest BCUT2D eigenvalue weighted by molar-refractivity contribution is 5.96. The summed E-state index contributed by atoms with van der Waals surface area (Å²) < 4.78 is 0. The predicted molar refractivity (Wildman–Crippen MR) is 87.7 cm³/mol. The summed E-state index contributed by atoms with van der Waals surface area (Å²) in [6.45, 7) is 3.26. The average molecular weight is 292 g/mol. The monoisotopic (exact) mass is 292 g/mol. The van der Waals surface area contributed by atoms with Gasteiger partial charge in [0.1, 0.15) is 0 Å². The number of hydrogen-bond donors (Lipinski definition) is 0.